The average molecular weight is 530 g/mol. The second-order valence-corrected chi connectivity index (χ2v) is 8.95. The lowest BCUT2D eigenvalue weighted by Gasteiger charge is -2.15. The summed E-state index contributed by atoms with van der Waals surface area (Å²) < 4.78 is 51.6. The number of nitrogens with one attached hydrogen (secondary N) is 1. The molecule has 6 nitrogen and oxygen atoms in total. The summed E-state index contributed by atoms with van der Waals surface area (Å²) in [6.45, 7) is 4.68. The highest BCUT2D eigenvalue weighted by Crippen LogP contribution is 2.30. The predicted octanol–water partition coefficient (Wildman–Crippen LogP) is 6.11. The fourth-order valence-electron chi connectivity index (χ4n) is 3.86. The Labute approximate surface area is 219 Å². The molecule has 0 spiro atoms. The number of amides is 1. The highest BCUT2D eigenvalue weighted by molar-refractivity contribution is 5.94. The SMILES string of the molecule is COC(=O)CCNC(=O)c1ccc(CC(C)COc2ccc(-c3ccc(OC(F)(F)F)cc3)c(C)c2)cc1. The lowest BCUT2D eigenvalue weighted by molar-refractivity contribution is -0.274. The van der Waals surface area contributed by atoms with Crippen molar-refractivity contribution in [3.8, 4) is 22.6 Å². The molecule has 0 aromatic heterocycles. The Hall–Kier alpha value is -4.01. The molecule has 0 saturated heterocycles. The number of alkyl halides is 3. The van der Waals surface area contributed by atoms with E-state index in [0.717, 1.165) is 28.7 Å². The smallest absolute Gasteiger partial charge is 0.493 e. The lowest BCUT2D eigenvalue weighted by atomic mass is 10.00. The zero-order chi connectivity index (χ0) is 27.7. The van der Waals surface area contributed by atoms with E-state index in [1.165, 1.54) is 19.2 Å². The average Bonchev–Trinajstić information content (AvgIpc) is 2.87. The van der Waals surface area contributed by atoms with E-state index in [-0.39, 0.29) is 36.5 Å². The van der Waals surface area contributed by atoms with Crippen LogP contribution in [0.2, 0.25) is 0 Å². The Morgan fingerprint density at radius 3 is 2.21 bits per heavy atom. The molecule has 0 heterocycles. The van der Waals surface area contributed by atoms with E-state index >= 15 is 0 Å². The summed E-state index contributed by atoms with van der Waals surface area (Å²) in [5.74, 6) is 0.0173. The number of carbonyl (C=O) groups is 2. The molecule has 1 unspecified atom stereocenters. The number of methoxy groups -OCH3 is 1. The summed E-state index contributed by atoms with van der Waals surface area (Å²) in [5.41, 5.74) is 4.17. The maximum Gasteiger partial charge on any atom is 0.573 e. The van der Waals surface area contributed by atoms with E-state index in [9.17, 15) is 22.8 Å². The molecule has 0 aliphatic heterocycles. The Morgan fingerprint density at radius 1 is 0.947 bits per heavy atom. The number of hydrogen-bond acceptors (Lipinski definition) is 5. The number of benzene rings is 3. The van der Waals surface area contributed by atoms with Crippen molar-refractivity contribution in [2.75, 3.05) is 20.3 Å². The molecule has 1 amide bonds. The lowest BCUT2D eigenvalue weighted by Crippen LogP contribution is -2.26. The Balaban J connectivity index is 1.49. The van der Waals surface area contributed by atoms with Gasteiger partial charge in [0.25, 0.3) is 5.91 Å². The van der Waals surface area contributed by atoms with Gasteiger partial charge in [-0.2, -0.15) is 0 Å². The van der Waals surface area contributed by atoms with Crippen molar-refractivity contribution in [1.29, 1.82) is 0 Å². The molecule has 1 N–H and O–H groups in total. The third kappa shape index (κ3) is 8.83. The van der Waals surface area contributed by atoms with Gasteiger partial charge in [-0.15, -0.1) is 13.2 Å². The summed E-state index contributed by atoms with van der Waals surface area (Å²) in [6, 6.07) is 18.7. The van der Waals surface area contributed by atoms with E-state index in [2.05, 4.69) is 21.7 Å². The van der Waals surface area contributed by atoms with Crippen LogP contribution in [0.4, 0.5) is 13.2 Å². The van der Waals surface area contributed by atoms with Gasteiger partial charge in [0.1, 0.15) is 11.5 Å². The van der Waals surface area contributed by atoms with Gasteiger partial charge in [-0.05, 0) is 77.9 Å². The first-order chi connectivity index (χ1) is 18.0. The molecule has 0 fully saturated rings. The summed E-state index contributed by atoms with van der Waals surface area (Å²) in [6.07, 6.45) is -3.84. The normalized spacial score (nSPS) is 11.9. The largest absolute Gasteiger partial charge is 0.573 e. The molecule has 3 aromatic rings. The van der Waals surface area contributed by atoms with E-state index in [1.54, 1.807) is 24.3 Å². The molecular formula is C29H30F3NO5. The van der Waals surface area contributed by atoms with Crippen molar-refractivity contribution in [3.63, 3.8) is 0 Å². The first-order valence-electron chi connectivity index (χ1n) is 12.1. The van der Waals surface area contributed by atoms with Gasteiger partial charge in [-0.1, -0.05) is 37.3 Å². The number of halogens is 3. The molecule has 0 aliphatic carbocycles. The van der Waals surface area contributed by atoms with Crippen molar-refractivity contribution in [3.05, 3.63) is 83.4 Å². The van der Waals surface area contributed by atoms with Crippen molar-refractivity contribution in [1.82, 2.24) is 5.32 Å². The van der Waals surface area contributed by atoms with Crippen LogP contribution >= 0.6 is 0 Å². The maximum atomic E-state index is 12.4. The minimum atomic E-state index is -4.72. The minimum Gasteiger partial charge on any atom is -0.493 e. The van der Waals surface area contributed by atoms with Crippen LogP contribution < -0.4 is 14.8 Å². The Morgan fingerprint density at radius 2 is 1.61 bits per heavy atom. The summed E-state index contributed by atoms with van der Waals surface area (Å²) in [4.78, 5) is 23.3. The van der Waals surface area contributed by atoms with Gasteiger partial charge >= 0.3 is 12.3 Å². The minimum absolute atomic E-state index is 0.119. The number of ether oxygens (including phenoxy) is 3. The van der Waals surface area contributed by atoms with Crippen LogP contribution in [0, 0.1) is 12.8 Å². The second-order valence-electron chi connectivity index (χ2n) is 8.95. The summed E-state index contributed by atoms with van der Waals surface area (Å²) >= 11 is 0. The predicted molar refractivity (Wildman–Crippen MR) is 137 cm³/mol. The van der Waals surface area contributed by atoms with Gasteiger partial charge < -0.3 is 19.5 Å². The monoisotopic (exact) mass is 529 g/mol. The zero-order valence-electron chi connectivity index (χ0n) is 21.4. The van der Waals surface area contributed by atoms with Gasteiger partial charge in [0, 0.05) is 12.1 Å². The molecule has 3 aromatic carbocycles. The number of rotatable bonds is 11. The zero-order valence-corrected chi connectivity index (χ0v) is 21.4. The first-order valence-corrected chi connectivity index (χ1v) is 12.1. The first kappa shape index (κ1) is 28.6. The number of hydrogen-bond donors (Lipinski definition) is 1. The van der Waals surface area contributed by atoms with Gasteiger partial charge in [-0.3, -0.25) is 9.59 Å². The van der Waals surface area contributed by atoms with Crippen LogP contribution in [0.5, 0.6) is 11.5 Å². The molecule has 0 aliphatic rings. The highest BCUT2D eigenvalue weighted by atomic mass is 19.4. The van der Waals surface area contributed by atoms with E-state index in [0.29, 0.717) is 17.9 Å². The Bertz CT molecular complexity index is 1220. The summed E-state index contributed by atoms with van der Waals surface area (Å²) in [5, 5.41) is 2.69. The molecule has 3 rings (SSSR count). The molecule has 202 valence electrons. The van der Waals surface area contributed by atoms with Crippen LogP contribution in [-0.4, -0.2) is 38.5 Å². The number of carbonyl (C=O) groups excluding carboxylic acids is 2. The maximum absolute atomic E-state index is 12.4. The molecule has 0 radical (unpaired) electrons. The standard InChI is InChI=1S/C29H30F3NO5/c1-19(16-21-4-6-23(7-5-21)28(35)33-15-14-27(34)36-3)18-37-25-12-13-26(20(2)17-25)22-8-10-24(11-9-22)38-29(30,31)32/h4-13,17,19H,14-16,18H2,1-3H3,(H,33,35). The molecule has 0 saturated carbocycles. The van der Waals surface area contributed by atoms with Crippen LogP contribution in [-0.2, 0) is 16.0 Å². The number of esters is 1. The van der Waals surface area contributed by atoms with Gasteiger partial charge in [0.15, 0.2) is 0 Å². The Kier molecular flexibility index (Phi) is 9.76. The topological polar surface area (TPSA) is 73.9 Å². The van der Waals surface area contributed by atoms with Crippen molar-refractivity contribution in [2.24, 2.45) is 5.92 Å². The summed E-state index contributed by atoms with van der Waals surface area (Å²) in [7, 11) is 1.30. The molecule has 0 bridgehead atoms. The second kappa shape index (κ2) is 13.0. The molecule has 1 atom stereocenters. The van der Waals surface area contributed by atoms with Crippen molar-refractivity contribution < 1.29 is 37.0 Å². The van der Waals surface area contributed by atoms with Crippen molar-refractivity contribution in [2.45, 2.75) is 33.1 Å². The number of aryl methyl sites for hydroxylation is 1. The third-order valence-corrected chi connectivity index (χ3v) is 5.77. The van der Waals surface area contributed by atoms with Crippen LogP contribution in [0.1, 0.15) is 34.8 Å². The highest BCUT2D eigenvalue weighted by Gasteiger charge is 2.31. The molecule has 38 heavy (non-hydrogen) atoms. The van der Waals surface area contributed by atoms with Gasteiger partial charge in [-0.25, -0.2) is 0 Å². The quantitative estimate of drug-likeness (QED) is 0.304. The van der Waals surface area contributed by atoms with E-state index in [1.807, 2.05) is 37.3 Å². The van der Waals surface area contributed by atoms with Crippen LogP contribution in [0.15, 0.2) is 66.7 Å². The third-order valence-electron chi connectivity index (χ3n) is 5.77. The van der Waals surface area contributed by atoms with E-state index < -0.39 is 6.36 Å². The molecular weight excluding hydrogens is 499 g/mol. The van der Waals surface area contributed by atoms with Crippen LogP contribution in [0.3, 0.4) is 0 Å². The van der Waals surface area contributed by atoms with Crippen molar-refractivity contribution >= 4 is 11.9 Å². The van der Waals surface area contributed by atoms with E-state index in [4.69, 9.17) is 4.74 Å². The van der Waals surface area contributed by atoms with Gasteiger partial charge in [0.05, 0.1) is 20.1 Å². The fourth-order valence-corrected chi connectivity index (χ4v) is 3.86. The fraction of sp³-hybridized carbons (Fsp3) is 0.310. The van der Waals surface area contributed by atoms with Gasteiger partial charge in [0.2, 0.25) is 0 Å². The molecule has 9 heteroatoms. The van der Waals surface area contributed by atoms with Crippen LogP contribution in [0.25, 0.3) is 11.1 Å².